The second-order valence-corrected chi connectivity index (χ2v) is 10.6. The van der Waals surface area contributed by atoms with E-state index in [4.69, 9.17) is 45.1 Å². The molecule has 0 spiro atoms. The predicted octanol–water partition coefficient (Wildman–Crippen LogP) is 3.51. The lowest BCUT2D eigenvalue weighted by Crippen LogP contribution is -2.59. The van der Waals surface area contributed by atoms with Crippen molar-refractivity contribution in [3.63, 3.8) is 0 Å². The van der Waals surface area contributed by atoms with Crippen LogP contribution in [0.4, 0.5) is 0 Å². The van der Waals surface area contributed by atoms with E-state index in [9.17, 15) is 19.2 Å². The smallest absolute Gasteiger partial charge is 0.303 e. The average Bonchev–Trinajstić information content (AvgIpc) is 3.32. The number of para-hydroxylation sites is 1. The molecule has 5 atom stereocenters. The topological polar surface area (TPSA) is 149 Å². The van der Waals surface area contributed by atoms with E-state index in [1.165, 1.54) is 27.7 Å². The minimum absolute atomic E-state index is 0.0996. The summed E-state index contributed by atoms with van der Waals surface area (Å²) in [6.45, 7) is 4.88. The summed E-state index contributed by atoms with van der Waals surface area (Å²) in [7, 11) is 0. The third-order valence-corrected chi connectivity index (χ3v) is 7.12. The van der Waals surface area contributed by atoms with Crippen molar-refractivity contribution in [3.05, 3.63) is 64.8 Å². The lowest BCUT2D eigenvalue weighted by molar-refractivity contribution is -0.254. The van der Waals surface area contributed by atoms with Crippen LogP contribution in [0, 0.1) is 0 Å². The highest BCUT2D eigenvalue weighted by atomic mass is 35.5. The Hall–Kier alpha value is -4.13. The molecular formula is C31H34ClNO11. The van der Waals surface area contributed by atoms with Gasteiger partial charge in [-0.3, -0.25) is 19.2 Å². The van der Waals surface area contributed by atoms with Gasteiger partial charge in [0.25, 0.3) is 0 Å². The molecule has 2 aromatic carbocycles. The highest BCUT2D eigenvalue weighted by Crippen LogP contribution is 2.42. The van der Waals surface area contributed by atoms with Crippen molar-refractivity contribution in [2.24, 2.45) is 0 Å². The van der Waals surface area contributed by atoms with Gasteiger partial charge in [-0.25, -0.2) is 0 Å². The van der Waals surface area contributed by atoms with Gasteiger partial charge in [0.1, 0.15) is 31.2 Å². The second kappa shape index (κ2) is 14.6. The number of aromatic nitrogens is 1. The predicted molar refractivity (Wildman–Crippen MR) is 156 cm³/mol. The summed E-state index contributed by atoms with van der Waals surface area (Å²) in [6, 6.07) is 12.7. The Morgan fingerprint density at radius 3 is 2.11 bits per heavy atom. The fourth-order valence-electron chi connectivity index (χ4n) is 5.22. The van der Waals surface area contributed by atoms with E-state index in [0.717, 1.165) is 5.56 Å². The number of ether oxygens (including phenoxy) is 6. The van der Waals surface area contributed by atoms with Gasteiger partial charge in [-0.15, -0.1) is 0 Å². The van der Waals surface area contributed by atoms with Gasteiger partial charge >= 0.3 is 23.9 Å². The number of halogens is 1. The molecule has 1 aromatic heterocycles. The number of nitrogens with zero attached hydrogens (tertiary/aromatic N) is 1. The molecule has 1 aliphatic heterocycles. The summed E-state index contributed by atoms with van der Waals surface area (Å²) in [5.41, 5.74) is 2.12. The van der Waals surface area contributed by atoms with Crippen LogP contribution in [-0.4, -0.2) is 77.8 Å². The molecule has 0 amide bonds. The SMILES string of the molecule is CC(=O)OC[C@H]1O[C@@H](c2cn(Cc3ccc(OCCO)cc3)c3c(Cl)cccc23)[C@H](OC(C)=O)[C@@H](OC(C)=O)[C@@H]1OC(C)=O. The summed E-state index contributed by atoms with van der Waals surface area (Å²) >= 11 is 6.70. The van der Waals surface area contributed by atoms with Gasteiger partial charge in [0.15, 0.2) is 18.3 Å². The van der Waals surface area contributed by atoms with Crippen molar-refractivity contribution in [3.8, 4) is 5.75 Å². The molecule has 0 bridgehead atoms. The van der Waals surface area contributed by atoms with E-state index < -0.39 is 54.4 Å². The first-order valence-corrected chi connectivity index (χ1v) is 14.3. The summed E-state index contributed by atoms with van der Waals surface area (Å²) in [5, 5.41) is 10.1. The lowest BCUT2D eigenvalue weighted by atomic mass is 9.90. The molecule has 0 radical (unpaired) electrons. The van der Waals surface area contributed by atoms with E-state index in [1.807, 2.05) is 22.8 Å². The first-order valence-electron chi connectivity index (χ1n) is 13.9. The molecule has 3 aromatic rings. The van der Waals surface area contributed by atoms with Crippen LogP contribution >= 0.6 is 11.6 Å². The third-order valence-electron chi connectivity index (χ3n) is 6.81. The molecule has 0 aliphatic carbocycles. The molecule has 1 aliphatic rings. The van der Waals surface area contributed by atoms with Gasteiger partial charge in [-0.1, -0.05) is 35.9 Å². The van der Waals surface area contributed by atoms with Crippen LogP contribution in [0.1, 0.15) is 44.9 Å². The molecule has 236 valence electrons. The van der Waals surface area contributed by atoms with Gasteiger partial charge in [-0.2, -0.15) is 0 Å². The number of carbonyl (C=O) groups excluding carboxylic acids is 4. The monoisotopic (exact) mass is 631 g/mol. The number of esters is 4. The van der Waals surface area contributed by atoms with Crippen LogP contribution < -0.4 is 4.74 Å². The third kappa shape index (κ3) is 7.87. The summed E-state index contributed by atoms with van der Waals surface area (Å²) in [6.07, 6.45) is -4.17. The number of hydrogen-bond donors (Lipinski definition) is 1. The Morgan fingerprint density at radius 1 is 0.864 bits per heavy atom. The normalized spacial score (nSPS) is 21.4. The number of carbonyl (C=O) groups is 4. The van der Waals surface area contributed by atoms with Gasteiger partial charge in [0.2, 0.25) is 0 Å². The van der Waals surface area contributed by atoms with Gasteiger partial charge in [0.05, 0.1) is 17.1 Å². The zero-order valence-electron chi connectivity index (χ0n) is 24.7. The molecule has 12 nitrogen and oxygen atoms in total. The molecule has 1 fully saturated rings. The van der Waals surface area contributed by atoms with Crippen LogP contribution in [0.3, 0.4) is 0 Å². The standard InChI is InChI=1S/C31H34ClNO11/c1-17(35)40-16-26-29(41-18(2)36)31(43-20(4)38)30(42-19(3)37)28(44-26)24-15-33(27-23(24)6-5-7-25(27)32)14-21-8-10-22(11-9-21)39-13-12-34/h5-11,15,26,28-31,34H,12-14,16H2,1-4H3/t26-,28+,29-,30+,31+/m1/s1. The quantitative estimate of drug-likeness (QED) is 0.245. The molecule has 13 heteroatoms. The number of fused-ring (bicyclic) bond motifs is 1. The van der Waals surface area contributed by atoms with Crippen LogP contribution in [0.15, 0.2) is 48.7 Å². The molecular weight excluding hydrogens is 598 g/mol. The minimum atomic E-state index is -1.30. The first kappa shape index (κ1) is 32.8. The second-order valence-electron chi connectivity index (χ2n) is 10.2. The Labute approximate surface area is 258 Å². The molecule has 0 saturated carbocycles. The van der Waals surface area contributed by atoms with Crippen molar-refractivity contribution in [1.82, 2.24) is 4.57 Å². The fraction of sp³-hybridized carbons (Fsp3) is 0.419. The van der Waals surface area contributed by atoms with Crippen molar-refractivity contribution < 1.29 is 52.7 Å². The Kier molecular flexibility index (Phi) is 10.8. The maximum atomic E-state index is 12.4. The average molecular weight is 632 g/mol. The number of aliphatic hydroxyl groups is 1. The van der Waals surface area contributed by atoms with E-state index in [2.05, 4.69) is 0 Å². The summed E-state index contributed by atoms with van der Waals surface area (Å²) in [5.74, 6) is -2.11. The Morgan fingerprint density at radius 2 is 1.50 bits per heavy atom. The fourth-order valence-corrected chi connectivity index (χ4v) is 5.51. The molecule has 0 unspecified atom stereocenters. The van der Waals surface area contributed by atoms with E-state index in [0.29, 0.717) is 33.8 Å². The first-order chi connectivity index (χ1) is 21.0. The van der Waals surface area contributed by atoms with Gasteiger partial charge in [-0.05, 0) is 23.8 Å². The van der Waals surface area contributed by atoms with E-state index in [1.54, 1.807) is 30.5 Å². The lowest BCUT2D eigenvalue weighted by Gasteiger charge is -2.44. The number of benzene rings is 2. The summed E-state index contributed by atoms with van der Waals surface area (Å²) in [4.78, 5) is 48.4. The molecule has 44 heavy (non-hydrogen) atoms. The van der Waals surface area contributed by atoms with Crippen LogP contribution in [-0.2, 0) is 49.4 Å². The Bertz CT molecular complexity index is 1500. The molecule has 4 rings (SSSR count). The van der Waals surface area contributed by atoms with Crippen molar-refractivity contribution >= 4 is 46.4 Å². The maximum absolute atomic E-state index is 12.4. The van der Waals surface area contributed by atoms with Crippen molar-refractivity contribution in [2.75, 3.05) is 19.8 Å². The Balaban J connectivity index is 1.82. The molecule has 1 N–H and O–H groups in total. The highest BCUT2D eigenvalue weighted by molar-refractivity contribution is 6.35. The number of hydrogen-bond acceptors (Lipinski definition) is 11. The van der Waals surface area contributed by atoms with Crippen LogP contribution in [0.2, 0.25) is 5.02 Å². The van der Waals surface area contributed by atoms with Crippen LogP contribution in [0.5, 0.6) is 5.75 Å². The van der Waals surface area contributed by atoms with Crippen LogP contribution in [0.25, 0.3) is 10.9 Å². The van der Waals surface area contributed by atoms with Crippen molar-refractivity contribution in [1.29, 1.82) is 0 Å². The largest absolute Gasteiger partial charge is 0.491 e. The zero-order chi connectivity index (χ0) is 32.0. The summed E-state index contributed by atoms with van der Waals surface area (Å²) < 4.78 is 35.8. The van der Waals surface area contributed by atoms with Gasteiger partial charge in [0, 0.05) is 51.4 Å². The van der Waals surface area contributed by atoms with Crippen molar-refractivity contribution in [2.45, 2.75) is 64.8 Å². The van der Waals surface area contributed by atoms with Gasteiger partial charge < -0.3 is 38.1 Å². The zero-order valence-corrected chi connectivity index (χ0v) is 25.4. The highest BCUT2D eigenvalue weighted by Gasteiger charge is 2.53. The molecule has 1 saturated heterocycles. The maximum Gasteiger partial charge on any atom is 0.303 e. The number of aliphatic hydroxyl groups excluding tert-OH is 1. The van der Waals surface area contributed by atoms with E-state index >= 15 is 0 Å². The van der Waals surface area contributed by atoms with E-state index in [-0.39, 0.29) is 19.8 Å². The molecule has 2 heterocycles. The number of rotatable bonds is 11. The minimum Gasteiger partial charge on any atom is -0.491 e.